The Balaban J connectivity index is 2.10. The zero-order valence-corrected chi connectivity index (χ0v) is 12.2. The van der Waals surface area contributed by atoms with Gasteiger partial charge < -0.3 is 10.4 Å². The smallest absolute Gasteiger partial charge is 0.309 e. The quantitative estimate of drug-likeness (QED) is 0.886. The van der Waals surface area contributed by atoms with E-state index in [4.69, 9.17) is 5.11 Å². The van der Waals surface area contributed by atoms with E-state index in [1.54, 1.807) is 6.07 Å². The zero-order valence-electron chi connectivity index (χ0n) is 10.6. The fourth-order valence-electron chi connectivity index (χ4n) is 1.63. The van der Waals surface area contributed by atoms with E-state index in [-0.39, 0.29) is 12.0 Å². The summed E-state index contributed by atoms with van der Waals surface area (Å²) in [5.74, 6) is -2.23. The highest BCUT2D eigenvalue weighted by molar-refractivity contribution is 9.10. The van der Waals surface area contributed by atoms with Crippen molar-refractivity contribution in [2.75, 3.05) is 5.32 Å². The largest absolute Gasteiger partial charge is 0.481 e. The van der Waals surface area contributed by atoms with E-state index in [2.05, 4.69) is 26.2 Å². The van der Waals surface area contributed by atoms with Gasteiger partial charge in [0.2, 0.25) is 0 Å². The van der Waals surface area contributed by atoms with Gasteiger partial charge in [-0.05, 0) is 30.3 Å². The summed E-state index contributed by atoms with van der Waals surface area (Å²) in [5.41, 5.74) is 0.639. The monoisotopic (exact) mass is 352 g/mol. The van der Waals surface area contributed by atoms with Gasteiger partial charge in [-0.25, -0.2) is 4.39 Å². The van der Waals surface area contributed by atoms with Crippen LogP contribution in [-0.4, -0.2) is 22.0 Å². The number of nitrogens with one attached hydrogen (secondary N) is 1. The van der Waals surface area contributed by atoms with E-state index in [0.29, 0.717) is 15.9 Å². The predicted octanol–water partition coefficient (Wildman–Crippen LogP) is 2.86. The molecule has 0 aliphatic rings. The fraction of sp³-hybridized carbons (Fsp3) is 0.0714. The molecule has 0 fully saturated rings. The molecule has 0 saturated heterocycles. The number of nitrogens with zero attached hydrogens (tertiary/aromatic N) is 1. The van der Waals surface area contributed by atoms with E-state index >= 15 is 0 Å². The van der Waals surface area contributed by atoms with Gasteiger partial charge in [-0.2, -0.15) is 0 Å². The number of aliphatic carboxylic acids is 1. The first-order chi connectivity index (χ1) is 9.95. The molecule has 1 heterocycles. The molecular weight excluding hydrogens is 343 g/mol. The molecule has 2 rings (SSSR count). The molecule has 1 aromatic carbocycles. The van der Waals surface area contributed by atoms with E-state index < -0.39 is 17.7 Å². The summed E-state index contributed by atoms with van der Waals surface area (Å²) in [6.07, 6.45) is 1.13. The van der Waals surface area contributed by atoms with Crippen molar-refractivity contribution in [2.24, 2.45) is 0 Å². The van der Waals surface area contributed by atoms with Crippen molar-refractivity contribution in [3.8, 4) is 0 Å². The number of carboxylic acid groups (broad SMARTS) is 1. The SMILES string of the molecule is O=C(O)Cc1ccc(NC(=O)c2ccc(Br)cc2F)cn1. The lowest BCUT2D eigenvalue weighted by Crippen LogP contribution is -2.14. The van der Waals surface area contributed by atoms with E-state index in [1.165, 1.54) is 30.5 Å². The lowest BCUT2D eigenvalue weighted by molar-refractivity contribution is -0.136. The van der Waals surface area contributed by atoms with Crippen molar-refractivity contribution in [3.63, 3.8) is 0 Å². The van der Waals surface area contributed by atoms with Gasteiger partial charge in [0.25, 0.3) is 5.91 Å². The number of hydrogen-bond donors (Lipinski definition) is 2. The number of halogens is 2. The Kier molecular flexibility index (Phi) is 4.64. The van der Waals surface area contributed by atoms with Gasteiger partial charge in [0.1, 0.15) is 5.82 Å². The lowest BCUT2D eigenvalue weighted by Gasteiger charge is -2.06. The third-order valence-corrected chi connectivity index (χ3v) is 3.08. The Hall–Kier alpha value is -2.28. The second-order valence-corrected chi connectivity index (χ2v) is 5.10. The van der Waals surface area contributed by atoms with Crippen molar-refractivity contribution < 1.29 is 19.1 Å². The third kappa shape index (κ3) is 4.09. The maximum absolute atomic E-state index is 13.6. The molecule has 0 aliphatic carbocycles. The highest BCUT2D eigenvalue weighted by atomic mass is 79.9. The molecule has 0 saturated carbocycles. The Morgan fingerprint density at radius 2 is 2.05 bits per heavy atom. The summed E-state index contributed by atoms with van der Waals surface area (Å²) in [4.78, 5) is 26.4. The van der Waals surface area contributed by atoms with Gasteiger partial charge in [0.05, 0.1) is 29.6 Å². The molecule has 0 aliphatic heterocycles. The number of anilines is 1. The summed E-state index contributed by atoms with van der Waals surface area (Å²) in [6, 6.07) is 7.12. The minimum Gasteiger partial charge on any atom is -0.481 e. The molecule has 2 aromatic rings. The maximum Gasteiger partial charge on any atom is 0.309 e. The summed E-state index contributed by atoms with van der Waals surface area (Å²) in [6.45, 7) is 0. The summed E-state index contributed by atoms with van der Waals surface area (Å²) < 4.78 is 14.2. The van der Waals surface area contributed by atoms with Crippen LogP contribution in [0.15, 0.2) is 41.0 Å². The number of rotatable bonds is 4. The van der Waals surface area contributed by atoms with E-state index in [1.807, 2.05) is 0 Å². The molecule has 7 heteroatoms. The lowest BCUT2D eigenvalue weighted by atomic mass is 10.2. The number of pyridine rings is 1. The van der Waals surface area contributed by atoms with E-state index in [9.17, 15) is 14.0 Å². The fourth-order valence-corrected chi connectivity index (χ4v) is 1.96. The molecule has 0 spiro atoms. The molecular formula is C14H10BrFN2O3. The van der Waals surface area contributed by atoms with E-state index in [0.717, 1.165) is 0 Å². The molecule has 0 atom stereocenters. The van der Waals surface area contributed by atoms with Crippen molar-refractivity contribution in [1.82, 2.24) is 4.98 Å². The zero-order chi connectivity index (χ0) is 15.4. The number of hydrogen-bond acceptors (Lipinski definition) is 3. The molecule has 21 heavy (non-hydrogen) atoms. The highest BCUT2D eigenvalue weighted by Gasteiger charge is 2.12. The Labute approximate surface area is 128 Å². The minimum atomic E-state index is -0.990. The van der Waals surface area contributed by atoms with Gasteiger partial charge in [-0.1, -0.05) is 15.9 Å². The summed E-state index contributed by atoms with van der Waals surface area (Å²) in [5, 5.41) is 11.1. The van der Waals surface area contributed by atoms with Crippen LogP contribution in [0.4, 0.5) is 10.1 Å². The normalized spacial score (nSPS) is 10.2. The van der Waals surface area contributed by atoms with Crippen LogP contribution in [0, 0.1) is 5.82 Å². The number of benzene rings is 1. The number of amides is 1. The van der Waals surface area contributed by atoms with Gasteiger partial charge in [0, 0.05) is 4.47 Å². The standard InChI is InChI=1S/C14H10BrFN2O3/c15-8-1-4-11(12(16)5-8)14(21)18-10-3-2-9(17-7-10)6-13(19)20/h1-5,7H,6H2,(H,18,21)(H,19,20). The molecule has 1 aromatic heterocycles. The average molecular weight is 353 g/mol. The van der Waals surface area contributed by atoms with Gasteiger partial charge in [-0.3, -0.25) is 14.6 Å². The summed E-state index contributed by atoms with van der Waals surface area (Å²) in [7, 11) is 0. The topological polar surface area (TPSA) is 79.3 Å². The van der Waals surface area contributed by atoms with Crippen molar-refractivity contribution >= 4 is 33.5 Å². The third-order valence-electron chi connectivity index (χ3n) is 2.59. The van der Waals surface area contributed by atoms with Crippen LogP contribution in [0.25, 0.3) is 0 Å². The first kappa shape index (κ1) is 15.1. The van der Waals surface area contributed by atoms with Gasteiger partial charge in [-0.15, -0.1) is 0 Å². The van der Waals surface area contributed by atoms with Crippen LogP contribution in [0.1, 0.15) is 16.1 Å². The molecule has 0 radical (unpaired) electrons. The van der Waals surface area contributed by atoms with Gasteiger partial charge in [0.15, 0.2) is 0 Å². The molecule has 108 valence electrons. The number of carboxylic acids is 1. The van der Waals surface area contributed by atoms with Crippen LogP contribution in [-0.2, 0) is 11.2 Å². The number of aromatic nitrogens is 1. The first-order valence-corrected chi connectivity index (χ1v) is 6.68. The minimum absolute atomic E-state index is 0.0900. The van der Waals surface area contributed by atoms with Crippen LogP contribution >= 0.6 is 15.9 Å². The van der Waals surface area contributed by atoms with Crippen LogP contribution in [0.3, 0.4) is 0 Å². The molecule has 2 N–H and O–H groups in total. The maximum atomic E-state index is 13.6. The number of carbonyl (C=O) groups excluding carboxylic acids is 1. The highest BCUT2D eigenvalue weighted by Crippen LogP contribution is 2.17. The molecule has 0 bridgehead atoms. The Bertz CT molecular complexity index is 689. The second-order valence-electron chi connectivity index (χ2n) is 4.19. The number of carbonyl (C=O) groups is 2. The van der Waals surface area contributed by atoms with Crippen LogP contribution in [0.5, 0.6) is 0 Å². The molecule has 0 unspecified atom stereocenters. The first-order valence-electron chi connectivity index (χ1n) is 5.89. The molecule has 5 nitrogen and oxygen atoms in total. The Morgan fingerprint density at radius 1 is 1.29 bits per heavy atom. The average Bonchev–Trinajstić information content (AvgIpc) is 2.40. The van der Waals surface area contributed by atoms with Crippen LogP contribution < -0.4 is 5.32 Å². The summed E-state index contributed by atoms with van der Waals surface area (Å²) >= 11 is 3.11. The second kappa shape index (κ2) is 6.45. The van der Waals surface area contributed by atoms with Gasteiger partial charge >= 0.3 is 5.97 Å². The molecule has 1 amide bonds. The van der Waals surface area contributed by atoms with Crippen LogP contribution in [0.2, 0.25) is 0 Å². The van der Waals surface area contributed by atoms with Crippen molar-refractivity contribution in [1.29, 1.82) is 0 Å². The Morgan fingerprint density at radius 3 is 2.62 bits per heavy atom. The predicted molar refractivity (Wildman–Crippen MR) is 77.6 cm³/mol. The van der Waals surface area contributed by atoms with Crippen molar-refractivity contribution in [3.05, 3.63) is 58.1 Å². The van der Waals surface area contributed by atoms with Crippen molar-refractivity contribution in [2.45, 2.75) is 6.42 Å².